The first-order chi connectivity index (χ1) is 17.0. The number of ether oxygens (including phenoxy) is 1. The molecule has 2 N–H and O–H groups in total. The smallest absolute Gasteiger partial charge is 0.322 e. The van der Waals surface area contributed by atoms with E-state index in [4.69, 9.17) is 16.3 Å². The van der Waals surface area contributed by atoms with E-state index in [2.05, 4.69) is 15.3 Å². The van der Waals surface area contributed by atoms with Crippen molar-refractivity contribution in [2.24, 2.45) is 0 Å². The van der Waals surface area contributed by atoms with Gasteiger partial charge in [-0.25, -0.2) is 14.2 Å². The molecule has 2 atom stereocenters. The van der Waals surface area contributed by atoms with Crippen molar-refractivity contribution < 1.29 is 13.9 Å². The Morgan fingerprint density at radius 3 is 2.80 bits per heavy atom. The summed E-state index contributed by atoms with van der Waals surface area (Å²) >= 11 is 6.49. The van der Waals surface area contributed by atoms with Crippen LogP contribution in [-0.2, 0) is 6.42 Å². The number of benzene rings is 1. The van der Waals surface area contributed by atoms with E-state index >= 15 is 4.39 Å². The van der Waals surface area contributed by atoms with Gasteiger partial charge in [-0.3, -0.25) is 4.79 Å². The number of carbonyl (C=O) groups excluding carboxylic acids is 1. The Hall–Kier alpha value is -3.39. The molecule has 2 fully saturated rings. The Morgan fingerprint density at radius 1 is 1.20 bits per heavy atom. The molecule has 2 aliphatic heterocycles. The maximum atomic E-state index is 15.1. The van der Waals surface area contributed by atoms with Crippen molar-refractivity contribution >= 4 is 23.3 Å². The molecule has 1 aromatic carbocycles. The predicted molar refractivity (Wildman–Crippen MR) is 130 cm³/mol. The molecule has 2 aromatic heterocycles. The average Bonchev–Trinajstić information content (AvgIpc) is 3.14. The minimum atomic E-state index is -0.582. The van der Waals surface area contributed by atoms with E-state index in [-0.39, 0.29) is 35.5 Å². The lowest BCUT2D eigenvalue weighted by Gasteiger charge is -2.36. The van der Waals surface area contributed by atoms with E-state index in [0.717, 1.165) is 36.8 Å². The second kappa shape index (κ2) is 8.68. The molecular weight excluding hydrogens is 471 g/mol. The van der Waals surface area contributed by atoms with E-state index in [0.29, 0.717) is 28.5 Å². The highest BCUT2D eigenvalue weighted by molar-refractivity contribution is 6.33. The fourth-order valence-electron chi connectivity index (χ4n) is 5.27. The molecule has 1 saturated carbocycles. The summed E-state index contributed by atoms with van der Waals surface area (Å²) in [7, 11) is 0. The molecule has 0 radical (unpaired) electrons. The van der Waals surface area contributed by atoms with Crippen LogP contribution in [0.3, 0.4) is 0 Å². The zero-order valence-electron chi connectivity index (χ0n) is 18.9. The Morgan fingerprint density at radius 2 is 2.06 bits per heavy atom. The molecule has 0 spiro atoms. The molecule has 6 rings (SSSR count). The first-order valence-electron chi connectivity index (χ1n) is 11.9. The Balaban J connectivity index is 1.20. The summed E-state index contributed by atoms with van der Waals surface area (Å²) in [5, 5.41) is 3.01. The number of carbonyl (C=O) groups is 1. The van der Waals surface area contributed by atoms with Gasteiger partial charge in [0.1, 0.15) is 11.9 Å². The van der Waals surface area contributed by atoms with E-state index in [1.54, 1.807) is 35.5 Å². The van der Waals surface area contributed by atoms with Crippen molar-refractivity contribution in [1.29, 1.82) is 0 Å². The van der Waals surface area contributed by atoms with Crippen LogP contribution in [0.4, 0.5) is 14.9 Å². The standard InChI is InChI=1S/C26H24ClFN4O3/c27-20-11-22(21(28)10-18(20)14-4-7-25(30-12-14)35-17-2-1-3-17)31-26(34)32-16-5-6-23(32)19-13-29-24(33)9-15(19)8-16/h4,7,9-13,16-17,23H,1-3,5-6,8H2,(H,29,33)(H,31,34)/t16-,23?/m0/s1. The lowest BCUT2D eigenvalue weighted by Crippen LogP contribution is -2.44. The third kappa shape index (κ3) is 4.05. The van der Waals surface area contributed by atoms with Gasteiger partial charge in [-0.2, -0.15) is 0 Å². The largest absolute Gasteiger partial charge is 0.474 e. The molecule has 7 nitrogen and oxygen atoms in total. The molecular formula is C26H24ClFN4O3. The topological polar surface area (TPSA) is 87.3 Å². The number of pyridine rings is 2. The first kappa shape index (κ1) is 22.1. The lowest BCUT2D eigenvalue weighted by molar-refractivity contribution is 0.114. The van der Waals surface area contributed by atoms with Crippen LogP contribution in [0.25, 0.3) is 11.1 Å². The van der Waals surface area contributed by atoms with Crippen molar-refractivity contribution in [1.82, 2.24) is 14.9 Å². The number of H-pyrrole nitrogens is 1. The van der Waals surface area contributed by atoms with E-state index in [1.807, 2.05) is 0 Å². The van der Waals surface area contributed by atoms with E-state index in [9.17, 15) is 9.59 Å². The monoisotopic (exact) mass is 494 g/mol. The minimum absolute atomic E-state index is 0.0216. The van der Waals surface area contributed by atoms with E-state index < -0.39 is 5.82 Å². The SMILES string of the molecule is O=C(Nc1cc(Cl)c(-c2ccc(OC3CCC3)nc2)cc1F)N1C2CC[C@H]1Cc1cc(=O)[nH]cc12. The number of anilines is 1. The van der Waals surface area contributed by atoms with Crippen molar-refractivity contribution in [3.63, 3.8) is 0 Å². The minimum Gasteiger partial charge on any atom is -0.474 e. The average molecular weight is 495 g/mol. The van der Waals surface area contributed by atoms with Gasteiger partial charge in [-0.15, -0.1) is 0 Å². The summed E-state index contributed by atoms with van der Waals surface area (Å²) in [6.07, 6.45) is 9.02. The summed E-state index contributed by atoms with van der Waals surface area (Å²) in [4.78, 5) is 33.7. The maximum absolute atomic E-state index is 15.1. The molecule has 4 heterocycles. The zero-order valence-corrected chi connectivity index (χ0v) is 19.6. The van der Waals surface area contributed by atoms with Crippen LogP contribution in [-0.4, -0.2) is 33.0 Å². The number of halogens is 2. The number of hydrogen-bond acceptors (Lipinski definition) is 4. The number of hydrogen-bond donors (Lipinski definition) is 2. The molecule has 2 bridgehead atoms. The van der Waals surface area contributed by atoms with Crippen molar-refractivity contribution in [2.45, 2.75) is 56.7 Å². The van der Waals surface area contributed by atoms with Crippen LogP contribution in [0.15, 0.2) is 47.5 Å². The number of nitrogens with one attached hydrogen (secondary N) is 2. The van der Waals surface area contributed by atoms with Gasteiger partial charge in [0.05, 0.1) is 16.8 Å². The number of aromatic amines is 1. The molecule has 9 heteroatoms. The summed E-state index contributed by atoms with van der Waals surface area (Å²) in [6.45, 7) is 0. The number of nitrogens with zero attached hydrogens (tertiary/aromatic N) is 2. The first-order valence-corrected chi connectivity index (χ1v) is 12.3. The normalized spacial score (nSPS) is 20.8. The van der Waals surface area contributed by atoms with Crippen LogP contribution in [0, 0.1) is 5.82 Å². The van der Waals surface area contributed by atoms with Crippen LogP contribution in [0.5, 0.6) is 5.88 Å². The van der Waals surface area contributed by atoms with Crippen molar-refractivity contribution in [3.8, 4) is 17.0 Å². The second-order valence-corrected chi connectivity index (χ2v) is 9.84. The molecule has 180 valence electrons. The third-order valence-electron chi connectivity index (χ3n) is 7.28. The predicted octanol–water partition coefficient (Wildman–Crippen LogP) is 5.45. The summed E-state index contributed by atoms with van der Waals surface area (Å²) in [5.41, 5.74) is 2.94. The highest BCUT2D eigenvalue weighted by atomic mass is 35.5. The van der Waals surface area contributed by atoms with Crippen LogP contribution in [0.2, 0.25) is 5.02 Å². The molecule has 35 heavy (non-hydrogen) atoms. The Labute approximate surface area is 206 Å². The van der Waals surface area contributed by atoms with Gasteiger partial charge in [0.15, 0.2) is 0 Å². The van der Waals surface area contributed by atoms with Crippen molar-refractivity contribution in [2.75, 3.05) is 5.32 Å². The van der Waals surface area contributed by atoms with Gasteiger partial charge in [-0.05, 0) is 67.9 Å². The van der Waals surface area contributed by atoms with E-state index in [1.165, 1.54) is 18.6 Å². The second-order valence-electron chi connectivity index (χ2n) is 9.43. The lowest BCUT2D eigenvalue weighted by atomic mass is 9.95. The van der Waals surface area contributed by atoms with Crippen LogP contribution in [0.1, 0.15) is 49.3 Å². The molecule has 1 unspecified atom stereocenters. The number of fused-ring (bicyclic) bond motifs is 4. The van der Waals surface area contributed by atoms with Gasteiger partial charge in [0, 0.05) is 41.7 Å². The van der Waals surface area contributed by atoms with Crippen LogP contribution < -0.4 is 15.6 Å². The van der Waals surface area contributed by atoms with Gasteiger partial charge in [0.25, 0.3) is 0 Å². The van der Waals surface area contributed by atoms with Crippen LogP contribution >= 0.6 is 11.6 Å². The fourth-order valence-corrected chi connectivity index (χ4v) is 5.55. The molecule has 1 saturated heterocycles. The quantitative estimate of drug-likeness (QED) is 0.504. The highest BCUT2D eigenvalue weighted by Gasteiger charge is 2.43. The molecule has 3 aliphatic rings. The summed E-state index contributed by atoms with van der Waals surface area (Å²) < 4.78 is 20.8. The maximum Gasteiger partial charge on any atom is 0.322 e. The number of aromatic nitrogens is 2. The third-order valence-corrected chi connectivity index (χ3v) is 7.60. The number of amides is 2. The Kier molecular flexibility index (Phi) is 5.48. The number of urea groups is 1. The van der Waals surface area contributed by atoms with Gasteiger partial charge in [0.2, 0.25) is 11.4 Å². The molecule has 2 amide bonds. The Bertz CT molecular complexity index is 1360. The number of rotatable bonds is 4. The molecule has 3 aromatic rings. The zero-order chi connectivity index (χ0) is 24.1. The van der Waals surface area contributed by atoms with Gasteiger partial charge >= 0.3 is 6.03 Å². The van der Waals surface area contributed by atoms with Gasteiger partial charge < -0.3 is 19.9 Å². The summed E-state index contributed by atoms with van der Waals surface area (Å²) in [5.74, 6) is -0.0395. The summed E-state index contributed by atoms with van der Waals surface area (Å²) in [6, 6.07) is 7.35. The molecule has 1 aliphatic carbocycles. The highest BCUT2D eigenvalue weighted by Crippen LogP contribution is 2.43. The van der Waals surface area contributed by atoms with Gasteiger partial charge in [-0.1, -0.05) is 11.6 Å². The fraction of sp³-hybridized carbons (Fsp3) is 0.346. The van der Waals surface area contributed by atoms with Crippen molar-refractivity contribution in [3.05, 3.63) is 75.0 Å².